The zero-order chi connectivity index (χ0) is 10.6. The Morgan fingerprint density at radius 2 is 2.00 bits per heavy atom. The molecule has 1 rings (SSSR count). The van der Waals surface area contributed by atoms with E-state index in [1.54, 1.807) is 0 Å². The van der Waals surface area contributed by atoms with E-state index in [0.29, 0.717) is 24.7 Å². The summed E-state index contributed by atoms with van der Waals surface area (Å²) in [5.41, 5.74) is 5.40. The number of ketones is 1. The topological polar surface area (TPSA) is 43.1 Å². The summed E-state index contributed by atoms with van der Waals surface area (Å²) in [6.45, 7) is 5.21. The first kappa shape index (κ1) is 11.7. The molecule has 14 heavy (non-hydrogen) atoms. The van der Waals surface area contributed by atoms with Crippen molar-refractivity contribution in [2.75, 3.05) is 6.54 Å². The van der Waals surface area contributed by atoms with Crippen molar-refractivity contribution in [3.05, 3.63) is 0 Å². The molecule has 2 heteroatoms. The fourth-order valence-corrected chi connectivity index (χ4v) is 2.32. The Balaban J connectivity index is 2.34. The minimum Gasteiger partial charge on any atom is -0.330 e. The van der Waals surface area contributed by atoms with Gasteiger partial charge in [0.1, 0.15) is 5.78 Å². The maximum atomic E-state index is 11.8. The van der Waals surface area contributed by atoms with Crippen molar-refractivity contribution >= 4 is 5.78 Å². The van der Waals surface area contributed by atoms with Crippen LogP contribution >= 0.6 is 0 Å². The summed E-state index contributed by atoms with van der Waals surface area (Å²) in [6.07, 6.45) is 4.99. The zero-order valence-corrected chi connectivity index (χ0v) is 9.46. The Labute approximate surface area is 87.2 Å². The van der Waals surface area contributed by atoms with Gasteiger partial charge in [0.25, 0.3) is 0 Å². The standard InChI is InChI=1S/C12H23NO/c1-9-5-6-11(8-10(9)2)12(14)4-3-7-13/h9-11H,3-8,13H2,1-2H3. The molecule has 0 spiro atoms. The first-order valence-electron chi connectivity index (χ1n) is 5.88. The van der Waals surface area contributed by atoms with Gasteiger partial charge < -0.3 is 5.73 Å². The molecule has 0 amide bonds. The number of rotatable bonds is 4. The molecule has 1 aliphatic carbocycles. The van der Waals surface area contributed by atoms with Crippen LogP contribution in [0.25, 0.3) is 0 Å². The molecule has 2 nitrogen and oxygen atoms in total. The third-order valence-electron chi connectivity index (χ3n) is 3.68. The van der Waals surface area contributed by atoms with Crippen LogP contribution in [-0.2, 0) is 4.79 Å². The van der Waals surface area contributed by atoms with Gasteiger partial charge in [-0.05, 0) is 44.1 Å². The highest BCUT2D eigenvalue weighted by Gasteiger charge is 2.28. The molecule has 0 aliphatic heterocycles. The minimum atomic E-state index is 0.341. The molecule has 3 atom stereocenters. The number of Topliss-reactive ketones (excluding diaryl/α,β-unsaturated/α-hetero) is 1. The lowest BCUT2D eigenvalue weighted by Gasteiger charge is -2.31. The van der Waals surface area contributed by atoms with Crippen LogP contribution < -0.4 is 5.73 Å². The quantitative estimate of drug-likeness (QED) is 0.752. The number of carbonyl (C=O) groups is 1. The molecule has 0 aromatic heterocycles. The van der Waals surface area contributed by atoms with Crippen LogP contribution in [0, 0.1) is 17.8 Å². The van der Waals surface area contributed by atoms with Crippen LogP contribution in [0.4, 0.5) is 0 Å². The second-order valence-corrected chi connectivity index (χ2v) is 4.82. The van der Waals surface area contributed by atoms with Crippen molar-refractivity contribution < 1.29 is 4.79 Å². The highest BCUT2D eigenvalue weighted by molar-refractivity contribution is 5.81. The third kappa shape index (κ3) is 3.09. The lowest BCUT2D eigenvalue weighted by atomic mass is 9.74. The van der Waals surface area contributed by atoms with Crippen molar-refractivity contribution in [1.82, 2.24) is 0 Å². The minimum absolute atomic E-state index is 0.341. The van der Waals surface area contributed by atoms with E-state index in [2.05, 4.69) is 13.8 Å². The van der Waals surface area contributed by atoms with Gasteiger partial charge >= 0.3 is 0 Å². The van der Waals surface area contributed by atoms with E-state index in [-0.39, 0.29) is 0 Å². The van der Waals surface area contributed by atoms with Crippen molar-refractivity contribution in [1.29, 1.82) is 0 Å². The molecule has 1 fully saturated rings. The second kappa shape index (κ2) is 5.50. The van der Waals surface area contributed by atoms with Gasteiger partial charge in [-0.15, -0.1) is 0 Å². The van der Waals surface area contributed by atoms with Gasteiger partial charge in [-0.25, -0.2) is 0 Å². The molecule has 1 aliphatic rings. The molecule has 2 N–H and O–H groups in total. The maximum absolute atomic E-state index is 11.8. The van der Waals surface area contributed by atoms with Crippen LogP contribution in [0.2, 0.25) is 0 Å². The number of nitrogens with two attached hydrogens (primary N) is 1. The van der Waals surface area contributed by atoms with Crippen molar-refractivity contribution in [2.45, 2.75) is 46.0 Å². The Hall–Kier alpha value is -0.370. The van der Waals surface area contributed by atoms with Gasteiger partial charge in [-0.3, -0.25) is 4.79 Å². The lowest BCUT2D eigenvalue weighted by Crippen LogP contribution is -2.26. The zero-order valence-electron chi connectivity index (χ0n) is 9.46. The van der Waals surface area contributed by atoms with E-state index in [4.69, 9.17) is 5.73 Å². The largest absolute Gasteiger partial charge is 0.330 e. The lowest BCUT2D eigenvalue weighted by molar-refractivity contribution is -0.124. The molecule has 0 aromatic rings. The Bertz CT molecular complexity index is 191. The predicted molar refractivity (Wildman–Crippen MR) is 59.0 cm³/mol. The third-order valence-corrected chi connectivity index (χ3v) is 3.68. The summed E-state index contributed by atoms with van der Waals surface area (Å²) in [7, 11) is 0. The molecule has 0 aromatic carbocycles. The van der Waals surface area contributed by atoms with Gasteiger partial charge in [-0.1, -0.05) is 13.8 Å². The van der Waals surface area contributed by atoms with Gasteiger partial charge in [0, 0.05) is 12.3 Å². The van der Waals surface area contributed by atoms with Crippen molar-refractivity contribution in [3.63, 3.8) is 0 Å². The summed E-state index contributed by atoms with van der Waals surface area (Å²) >= 11 is 0. The summed E-state index contributed by atoms with van der Waals surface area (Å²) in [6, 6.07) is 0. The molecule has 82 valence electrons. The van der Waals surface area contributed by atoms with Crippen molar-refractivity contribution in [3.8, 4) is 0 Å². The van der Waals surface area contributed by atoms with E-state index in [1.807, 2.05) is 0 Å². The molecule has 0 saturated heterocycles. The highest BCUT2D eigenvalue weighted by atomic mass is 16.1. The second-order valence-electron chi connectivity index (χ2n) is 4.82. The first-order chi connectivity index (χ1) is 6.65. The molecular formula is C12H23NO. The normalized spacial score (nSPS) is 32.9. The monoisotopic (exact) mass is 197 g/mol. The van der Waals surface area contributed by atoms with Crippen LogP contribution in [0.1, 0.15) is 46.0 Å². The fourth-order valence-electron chi connectivity index (χ4n) is 2.32. The van der Waals surface area contributed by atoms with E-state index in [9.17, 15) is 4.79 Å². The summed E-state index contributed by atoms with van der Waals surface area (Å²) in [5, 5.41) is 0. The number of carbonyl (C=O) groups excluding carboxylic acids is 1. The molecule has 3 unspecified atom stereocenters. The summed E-state index contributed by atoms with van der Waals surface area (Å²) < 4.78 is 0. The highest BCUT2D eigenvalue weighted by Crippen LogP contribution is 2.34. The van der Waals surface area contributed by atoms with Crippen LogP contribution in [-0.4, -0.2) is 12.3 Å². The number of hydrogen-bond donors (Lipinski definition) is 1. The van der Waals surface area contributed by atoms with Crippen LogP contribution in [0.15, 0.2) is 0 Å². The van der Waals surface area contributed by atoms with Gasteiger partial charge in [0.05, 0.1) is 0 Å². The number of hydrogen-bond acceptors (Lipinski definition) is 2. The summed E-state index contributed by atoms with van der Waals surface area (Å²) in [4.78, 5) is 11.8. The Morgan fingerprint density at radius 3 is 2.57 bits per heavy atom. The van der Waals surface area contributed by atoms with E-state index >= 15 is 0 Å². The maximum Gasteiger partial charge on any atom is 0.136 e. The average molecular weight is 197 g/mol. The van der Waals surface area contributed by atoms with Gasteiger partial charge in [0.15, 0.2) is 0 Å². The Morgan fingerprint density at radius 1 is 1.29 bits per heavy atom. The van der Waals surface area contributed by atoms with E-state index in [0.717, 1.165) is 31.1 Å². The first-order valence-corrected chi connectivity index (χ1v) is 5.88. The Kier molecular flexibility index (Phi) is 4.59. The SMILES string of the molecule is CC1CCC(C(=O)CCCN)CC1C. The summed E-state index contributed by atoms with van der Waals surface area (Å²) in [5.74, 6) is 2.31. The molecule has 0 heterocycles. The van der Waals surface area contributed by atoms with Gasteiger partial charge in [-0.2, -0.15) is 0 Å². The molecular weight excluding hydrogens is 174 g/mol. The predicted octanol–water partition coefficient (Wildman–Crippen LogP) is 2.37. The molecule has 0 radical (unpaired) electrons. The average Bonchev–Trinajstić information content (AvgIpc) is 2.18. The smallest absolute Gasteiger partial charge is 0.136 e. The fraction of sp³-hybridized carbons (Fsp3) is 0.917. The van der Waals surface area contributed by atoms with E-state index < -0.39 is 0 Å². The molecule has 1 saturated carbocycles. The van der Waals surface area contributed by atoms with E-state index in [1.165, 1.54) is 6.42 Å². The van der Waals surface area contributed by atoms with Crippen LogP contribution in [0.5, 0.6) is 0 Å². The van der Waals surface area contributed by atoms with Crippen molar-refractivity contribution in [2.24, 2.45) is 23.5 Å². The van der Waals surface area contributed by atoms with Gasteiger partial charge in [0.2, 0.25) is 0 Å². The van der Waals surface area contributed by atoms with Crippen LogP contribution in [0.3, 0.4) is 0 Å². The molecule has 0 bridgehead atoms.